The first kappa shape index (κ1) is 18.6. The van der Waals surface area contributed by atoms with E-state index in [4.69, 9.17) is 21.1 Å². The Labute approximate surface area is 147 Å². The maximum absolute atomic E-state index is 13.1. The molecule has 24 heavy (non-hydrogen) atoms. The van der Waals surface area contributed by atoms with E-state index in [0.29, 0.717) is 16.5 Å². The Kier molecular flexibility index (Phi) is 6.88. The SMILES string of the molecule is COc1cc(CCCN(C)C)ccc1OCc1ccc(F)cc1Cl. The average molecular weight is 352 g/mol. The van der Waals surface area contributed by atoms with Crippen LogP contribution in [-0.2, 0) is 13.0 Å². The summed E-state index contributed by atoms with van der Waals surface area (Å²) < 4.78 is 24.3. The molecular formula is C19H23ClFNO2. The second kappa shape index (κ2) is 8.90. The van der Waals surface area contributed by atoms with Crippen LogP contribution in [0.2, 0.25) is 5.02 Å². The van der Waals surface area contributed by atoms with Crippen molar-refractivity contribution in [2.45, 2.75) is 19.4 Å². The van der Waals surface area contributed by atoms with Gasteiger partial charge >= 0.3 is 0 Å². The highest BCUT2D eigenvalue weighted by molar-refractivity contribution is 6.31. The molecule has 0 aliphatic rings. The minimum Gasteiger partial charge on any atom is -0.493 e. The molecule has 0 saturated carbocycles. The van der Waals surface area contributed by atoms with Gasteiger partial charge in [0.1, 0.15) is 12.4 Å². The van der Waals surface area contributed by atoms with Crippen molar-refractivity contribution in [1.82, 2.24) is 4.90 Å². The molecule has 0 aliphatic heterocycles. The van der Waals surface area contributed by atoms with Crippen molar-refractivity contribution in [2.75, 3.05) is 27.7 Å². The Balaban J connectivity index is 2.01. The predicted octanol–water partition coefficient (Wildman–Crippen LogP) is 4.56. The van der Waals surface area contributed by atoms with E-state index in [1.807, 2.05) is 18.2 Å². The highest BCUT2D eigenvalue weighted by Gasteiger charge is 2.08. The zero-order valence-corrected chi connectivity index (χ0v) is 15.1. The van der Waals surface area contributed by atoms with Crippen molar-refractivity contribution in [3.8, 4) is 11.5 Å². The fourth-order valence-corrected chi connectivity index (χ4v) is 2.60. The lowest BCUT2D eigenvalue weighted by Gasteiger charge is -2.14. The number of methoxy groups -OCH3 is 1. The van der Waals surface area contributed by atoms with E-state index >= 15 is 0 Å². The molecule has 130 valence electrons. The lowest BCUT2D eigenvalue weighted by Crippen LogP contribution is -2.13. The van der Waals surface area contributed by atoms with Crippen molar-refractivity contribution in [2.24, 2.45) is 0 Å². The summed E-state index contributed by atoms with van der Waals surface area (Å²) in [6.45, 7) is 1.30. The molecular weight excluding hydrogens is 329 g/mol. The van der Waals surface area contributed by atoms with Crippen LogP contribution in [0.4, 0.5) is 4.39 Å². The number of aryl methyl sites for hydroxylation is 1. The monoisotopic (exact) mass is 351 g/mol. The van der Waals surface area contributed by atoms with Gasteiger partial charge in [-0.15, -0.1) is 0 Å². The molecule has 0 fully saturated rings. The van der Waals surface area contributed by atoms with Crippen molar-refractivity contribution < 1.29 is 13.9 Å². The summed E-state index contributed by atoms with van der Waals surface area (Å²) in [5.41, 5.74) is 1.94. The van der Waals surface area contributed by atoms with E-state index in [1.165, 1.54) is 17.7 Å². The third-order valence-electron chi connectivity index (χ3n) is 3.70. The minimum absolute atomic E-state index is 0.259. The Morgan fingerprint density at radius 3 is 2.54 bits per heavy atom. The van der Waals surface area contributed by atoms with Gasteiger partial charge in [0, 0.05) is 5.56 Å². The van der Waals surface area contributed by atoms with Gasteiger partial charge in [-0.3, -0.25) is 0 Å². The Morgan fingerprint density at radius 1 is 1.08 bits per heavy atom. The number of benzene rings is 2. The Bertz CT molecular complexity index is 676. The second-order valence-corrected chi connectivity index (χ2v) is 6.32. The third-order valence-corrected chi connectivity index (χ3v) is 4.05. The van der Waals surface area contributed by atoms with Gasteiger partial charge in [-0.1, -0.05) is 23.7 Å². The van der Waals surface area contributed by atoms with Gasteiger partial charge in [0.15, 0.2) is 11.5 Å². The van der Waals surface area contributed by atoms with Crippen LogP contribution < -0.4 is 9.47 Å². The molecule has 2 aromatic rings. The fraction of sp³-hybridized carbons (Fsp3) is 0.368. The van der Waals surface area contributed by atoms with Crippen LogP contribution in [-0.4, -0.2) is 32.6 Å². The Hall–Kier alpha value is -1.78. The van der Waals surface area contributed by atoms with Gasteiger partial charge in [0.2, 0.25) is 0 Å². The zero-order chi connectivity index (χ0) is 17.5. The number of ether oxygens (including phenoxy) is 2. The van der Waals surface area contributed by atoms with Crippen molar-refractivity contribution in [1.29, 1.82) is 0 Å². The van der Waals surface area contributed by atoms with Gasteiger partial charge in [0.05, 0.1) is 12.1 Å². The molecule has 2 aromatic carbocycles. The maximum Gasteiger partial charge on any atom is 0.161 e. The first-order valence-corrected chi connectivity index (χ1v) is 8.25. The molecule has 0 aromatic heterocycles. The summed E-state index contributed by atoms with van der Waals surface area (Å²) in [7, 11) is 5.76. The van der Waals surface area contributed by atoms with Crippen LogP contribution in [0.1, 0.15) is 17.5 Å². The molecule has 0 saturated heterocycles. The van der Waals surface area contributed by atoms with Gasteiger partial charge in [-0.05, 0) is 63.3 Å². The minimum atomic E-state index is -0.358. The van der Waals surface area contributed by atoms with E-state index in [9.17, 15) is 4.39 Å². The number of nitrogens with zero attached hydrogens (tertiary/aromatic N) is 1. The first-order chi connectivity index (χ1) is 11.5. The van der Waals surface area contributed by atoms with Crippen LogP contribution in [0.15, 0.2) is 36.4 Å². The van der Waals surface area contributed by atoms with Gasteiger partial charge in [0.25, 0.3) is 0 Å². The zero-order valence-electron chi connectivity index (χ0n) is 14.3. The molecule has 0 atom stereocenters. The molecule has 5 heteroatoms. The van der Waals surface area contributed by atoms with Crippen LogP contribution in [0, 0.1) is 5.82 Å². The molecule has 0 amide bonds. The lowest BCUT2D eigenvalue weighted by atomic mass is 10.1. The van der Waals surface area contributed by atoms with Crippen molar-refractivity contribution in [3.63, 3.8) is 0 Å². The largest absolute Gasteiger partial charge is 0.493 e. The molecule has 3 nitrogen and oxygen atoms in total. The number of rotatable bonds is 8. The second-order valence-electron chi connectivity index (χ2n) is 5.92. The molecule has 0 aliphatic carbocycles. The molecule has 0 unspecified atom stereocenters. The number of hydrogen-bond acceptors (Lipinski definition) is 3. The van der Waals surface area contributed by atoms with Gasteiger partial charge < -0.3 is 14.4 Å². The average Bonchev–Trinajstić information content (AvgIpc) is 2.54. The van der Waals surface area contributed by atoms with Gasteiger partial charge in [-0.25, -0.2) is 4.39 Å². The lowest BCUT2D eigenvalue weighted by molar-refractivity contribution is 0.284. The summed E-state index contributed by atoms with van der Waals surface area (Å²) in [6.07, 6.45) is 2.07. The maximum atomic E-state index is 13.1. The van der Waals surface area contributed by atoms with E-state index in [1.54, 1.807) is 13.2 Å². The van der Waals surface area contributed by atoms with Crippen LogP contribution in [0.25, 0.3) is 0 Å². The summed E-state index contributed by atoms with van der Waals surface area (Å²) in [5, 5.41) is 0.356. The number of hydrogen-bond donors (Lipinski definition) is 0. The van der Waals surface area contributed by atoms with Crippen molar-refractivity contribution >= 4 is 11.6 Å². The highest BCUT2D eigenvalue weighted by atomic mass is 35.5. The molecule has 0 bridgehead atoms. The quantitative estimate of drug-likeness (QED) is 0.695. The predicted molar refractivity (Wildman–Crippen MR) is 95.6 cm³/mol. The normalized spacial score (nSPS) is 10.9. The molecule has 2 rings (SSSR count). The van der Waals surface area contributed by atoms with E-state index in [0.717, 1.165) is 24.9 Å². The summed E-state index contributed by atoms with van der Waals surface area (Å²) in [4.78, 5) is 2.17. The van der Waals surface area contributed by atoms with E-state index in [2.05, 4.69) is 19.0 Å². The van der Waals surface area contributed by atoms with E-state index in [-0.39, 0.29) is 12.4 Å². The Morgan fingerprint density at radius 2 is 1.88 bits per heavy atom. The molecule has 0 radical (unpaired) electrons. The first-order valence-electron chi connectivity index (χ1n) is 7.88. The fourth-order valence-electron chi connectivity index (χ4n) is 2.38. The van der Waals surface area contributed by atoms with Crippen LogP contribution in [0.3, 0.4) is 0 Å². The smallest absolute Gasteiger partial charge is 0.161 e. The van der Waals surface area contributed by atoms with Crippen LogP contribution >= 0.6 is 11.6 Å². The summed E-state index contributed by atoms with van der Waals surface area (Å²) in [6, 6.07) is 10.2. The molecule has 0 N–H and O–H groups in total. The number of halogens is 2. The molecule has 0 heterocycles. The van der Waals surface area contributed by atoms with Crippen LogP contribution in [0.5, 0.6) is 11.5 Å². The standard InChI is InChI=1S/C19H23ClFNO2/c1-22(2)10-4-5-14-6-9-18(19(11-14)23-3)24-13-15-7-8-16(21)12-17(15)20/h6-9,11-12H,4-5,10,13H2,1-3H3. The van der Waals surface area contributed by atoms with Crippen molar-refractivity contribution in [3.05, 3.63) is 58.4 Å². The summed E-state index contributed by atoms with van der Waals surface area (Å²) >= 11 is 6.02. The summed E-state index contributed by atoms with van der Waals surface area (Å²) in [5.74, 6) is 0.980. The van der Waals surface area contributed by atoms with Gasteiger partial charge in [-0.2, -0.15) is 0 Å². The molecule has 0 spiro atoms. The highest BCUT2D eigenvalue weighted by Crippen LogP contribution is 2.30. The van der Waals surface area contributed by atoms with E-state index < -0.39 is 0 Å². The third kappa shape index (κ3) is 5.39. The topological polar surface area (TPSA) is 21.7 Å².